The minimum Gasteiger partial charge on any atom is -0.445 e. The molecule has 8 heteroatoms. The van der Waals surface area contributed by atoms with Gasteiger partial charge in [-0.3, -0.25) is 14.9 Å². The lowest BCUT2D eigenvalue weighted by molar-refractivity contribution is -0.117. The monoisotopic (exact) mass is 437 g/mol. The molecule has 0 aliphatic rings. The average Bonchev–Trinajstić information content (AvgIpc) is 3.06. The molecule has 2 amide bonds. The number of aryl methyl sites for hydroxylation is 1. The van der Waals surface area contributed by atoms with Gasteiger partial charge in [0.2, 0.25) is 0 Å². The number of thiophene rings is 1. The normalized spacial score (nSPS) is 11.5. The maximum atomic E-state index is 13.0. The van der Waals surface area contributed by atoms with Crippen LogP contribution in [0.5, 0.6) is 0 Å². The molecule has 0 saturated heterocycles. The minimum absolute atomic E-state index is 0.0556. The summed E-state index contributed by atoms with van der Waals surface area (Å²) in [6, 6.07) is 18.0. The molecule has 0 fully saturated rings. The van der Waals surface area contributed by atoms with Crippen LogP contribution in [0.25, 0.3) is 0 Å². The van der Waals surface area contributed by atoms with Crippen molar-refractivity contribution in [1.29, 1.82) is 0 Å². The van der Waals surface area contributed by atoms with Crippen LogP contribution in [0.1, 0.15) is 31.9 Å². The molecule has 3 aromatic rings. The van der Waals surface area contributed by atoms with Crippen molar-refractivity contribution in [3.8, 4) is 0 Å². The van der Waals surface area contributed by atoms with Crippen molar-refractivity contribution in [1.82, 2.24) is 5.32 Å². The number of ether oxygens (including phenoxy) is 1. The molecule has 160 valence electrons. The van der Waals surface area contributed by atoms with E-state index in [2.05, 4.69) is 10.6 Å². The first-order valence-electron chi connectivity index (χ1n) is 9.60. The van der Waals surface area contributed by atoms with Crippen LogP contribution in [0.15, 0.2) is 60.7 Å². The van der Waals surface area contributed by atoms with Crippen LogP contribution in [0.3, 0.4) is 0 Å². The number of carbonyl (C=O) groups excluding carboxylic acids is 3. The first kappa shape index (κ1) is 22.2. The van der Waals surface area contributed by atoms with Gasteiger partial charge in [-0.1, -0.05) is 60.7 Å². The molecule has 1 atom stereocenters. The molecule has 1 aromatic heterocycles. The van der Waals surface area contributed by atoms with Crippen molar-refractivity contribution in [2.75, 3.05) is 5.32 Å². The van der Waals surface area contributed by atoms with E-state index in [0.29, 0.717) is 16.1 Å². The van der Waals surface area contributed by atoms with Crippen LogP contribution >= 0.6 is 11.3 Å². The number of anilines is 1. The van der Waals surface area contributed by atoms with Crippen LogP contribution in [0, 0.1) is 13.8 Å². The maximum absolute atomic E-state index is 13.0. The van der Waals surface area contributed by atoms with Crippen molar-refractivity contribution in [2.45, 2.75) is 26.6 Å². The van der Waals surface area contributed by atoms with E-state index >= 15 is 0 Å². The summed E-state index contributed by atoms with van der Waals surface area (Å²) < 4.78 is 5.08. The third-order valence-corrected chi connectivity index (χ3v) is 5.78. The van der Waals surface area contributed by atoms with Gasteiger partial charge in [0.1, 0.15) is 11.6 Å². The fraction of sp³-hybridized carbons (Fsp3) is 0.174. The Morgan fingerprint density at radius 2 is 1.61 bits per heavy atom. The quantitative estimate of drug-likeness (QED) is 0.385. The van der Waals surface area contributed by atoms with Crippen LogP contribution in [0.4, 0.5) is 9.80 Å². The third-order valence-electron chi connectivity index (χ3n) is 4.65. The lowest BCUT2D eigenvalue weighted by Gasteiger charge is -2.14. The zero-order valence-corrected chi connectivity index (χ0v) is 18.0. The molecule has 0 bridgehead atoms. The van der Waals surface area contributed by atoms with E-state index in [1.54, 1.807) is 24.3 Å². The van der Waals surface area contributed by atoms with Crippen LogP contribution in [-0.2, 0) is 16.1 Å². The fourth-order valence-electron chi connectivity index (χ4n) is 2.87. The summed E-state index contributed by atoms with van der Waals surface area (Å²) in [5.74, 6) is -0.846. The number of nitrogens with two attached hydrogens (primary N) is 1. The highest BCUT2D eigenvalue weighted by Gasteiger charge is 2.24. The highest BCUT2D eigenvalue weighted by molar-refractivity contribution is 7.16. The average molecular weight is 438 g/mol. The van der Waals surface area contributed by atoms with Crippen molar-refractivity contribution >= 4 is 34.1 Å². The number of hydrogen-bond acceptors (Lipinski definition) is 6. The van der Waals surface area contributed by atoms with Crippen molar-refractivity contribution in [3.63, 3.8) is 0 Å². The van der Waals surface area contributed by atoms with Crippen molar-refractivity contribution in [3.05, 3.63) is 87.8 Å². The van der Waals surface area contributed by atoms with Crippen LogP contribution < -0.4 is 16.4 Å². The van der Waals surface area contributed by atoms with E-state index < -0.39 is 18.2 Å². The molecule has 4 N–H and O–H groups in total. The van der Waals surface area contributed by atoms with E-state index in [1.807, 2.05) is 50.2 Å². The van der Waals surface area contributed by atoms with E-state index in [9.17, 15) is 14.4 Å². The second-order valence-corrected chi connectivity index (χ2v) is 8.08. The summed E-state index contributed by atoms with van der Waals surface area (Å²) in [6.07, 6.45) is -2.16. The van der Waals surface area contributed by atoms with Crippen LogP contribution in [-0.4, -0.2) is 23.9 Å². The Morgan fingerprint density at radius 3 is 2.26 bits per heavy atom. The van der Waals surface area contributed by atoms with Gasteiger partial charge < -0.3 is 15.8 Å². The predicted molar refractivity (Wildman–Crippen MR) is 120 cm³/mol. The lowest BCUT2D eigenvalue weighted by Crippen LogP contribution is -2.50. The second-order valence-electron chi connectivity index (χ2n) is 6.86. The summed E-state index contributed by atoms with van der Waals surface area (Å²) in [4.78, 5) is 38.4. The molecule has 2 aromatic carbocycles. The number of benzene rings is 2. The third kappa shape index (κ3) is 5.56. The van der Waals surface area contributed by atoms with Gasteiger partial charge in [-0.25, -0.2) is 4.79 Å². The van der Waals surface area contributed by atoms with Gasteiger partial charge in [0.15, 0.2) is 11.9 Å². The SMILES string of the molecule is Cc1sc(NC(=O)C(N)NC(=O)OCc2ccccc2)c(C(=O)c2ccccc2)c1C. The molecule has 1 heterocycles. The van der Waals surface area contributed by atoms with Gasteiger partial charge in [-0.15, -0.1) is 11.3 Å². The zero-order chi connectivity index (χ0) is 22.4. The molecular weight excluding hydrogens is 414 g/mol. The highest BCUT2D eigenvalue weighted by Crippen LogP contribution is 2.34. The molecule has 31 heavy (non-hydrogen) atoms. The van der Waals surface area contributed by atoms with Gasteiger partial charge in [-0.05, 0) is 25.0 Å². The largest absolute Gasteiger partial charge is 0.445 e. The molecule has 0 aliphatic heterocycles. The smallest absolute Gasteiger partial charge is 0.409 e. The molecule has 1 unspecified atom stereocenters. The summed E-state index contributed by atoms with van der Waals surface area (Å²) in [7, 11) is 0. The van der Waals surface area contributed by atoms with Crippen LogP contribution in [0.2, 0.25) is 0 Å². The zero-order valence-electron chi connectivity index (χ0n) is 17.2. The Balaban J connectivity index is 1.65. The summed E-state index contributed by atoms with van der Waals surface area (Å²) in [5, 5.41) is 5.35. The molecule has 0 radical (unpaired) electrons. The van der Waals surface area contributed by atoms with Gasteiger partial charge in [0.05, 0.1) is 5.56 Å². The minimum atomic E-state index is -1.34. The summed E-state index contributed by atoms with van der Waals surface area (Å²) in [5.41, 5.74) is 8.35. The number of ketones is 1. The lowest BCUT2D eigenvalue weighted by atomic mass is 10.0. The molecule has 0 saturated carbocycles. The fourth-order valence-corrected chi connectivity index (χ4v) is 3.93. The van der Waals surface area contributed by atoms with E-state index in [-0.39, 0.29) is 12.4 Å². The standard InChI is InChI=1S/C23H23N3O4S/c1-14-15(2)31-22(18(14)19(27)17-11-7-4-8-12-17)26-21(28)20(24)25-23(29)30-13-16-9-5-3-6-10-16/h3-12,20H,13,24H2,1-2H3,(H,25,29)(H,26,28). The van der Waals surface area contributed by atoms with E-state index in [0.717, 1.165) is 16.0 Å². The Morgan fingerprint density at radius 1 is 1.00 bits per heavy atom. The molecular formula is C23H23N3O4S. The van der Waals surface area contributed by atoms with E-state index in [4.69, 9.17) is 10.5 Å². The first-order valence-corrected chi connectivity index (χ1v) is 10.4. The van der Waals surface area contributed by atoms with Crippen molar-refractivity contribution < 1.29 is 19.1 Å². The molecule has 7 nitrogen and oxygen atoms in total. The maximum Gasteiger partial charge on any atom is 0.409 e. The Kier molecular flexibility index (Phi) is 7.17. The highest BCUT2D eigenvalue weighted by atomic mass is 32.1. The Bertz CT molecular complexity index is 1080. The Hall–Kier alpha value is -3.49. The molecule has 3 rings (SSSR count). The summed E-state index contributed by atoms with van der Waals surface area (Å²) in [6.45, 7) is 3.76. The van der Waals surface area contributed by atoms with E-state index in [1.165, 1.54) is 11.3 Å². The number of amides is 2. The molecule has 0 spiro atoms. The number of rotatable bonds is 7. The second kappa shape index (κ2) is 10.0. The first-order chi connectivity index (χ1) is 14.9. The topological polar surface area (TPSA) is 111 Å². The number of carbonyl (C=O) groups is 3. The van der Waals surface area contributed by atoms with Gasteiger partial charge in [-0.2, -0.15) is 0 Å². The number of alkyl carbamates (subject to hydrolysis) is 1. The predicted octanol–water partition coefficient (Wildman–Crippen LogP) is 3.75. The van der Waals surface area contributed by atoms with Gasteiger partial charge in [0, 0.05) is 10.4 Å². The van der Waals surface area contributed by atoms with Gasteiger partial charge in [0.25, 0.3) is 5.91 Å². The van der Waals surface area contributed by atoms with Gasteiger partial charge >= 0.3 is 6.09 Å². The summed E-state index contributed by atoms with van der Waals surface area (Å²) >= 11 is 1.28. The number of hydrogen-bond donors (Lipinski definition) is 3. The Labute approximate surface area is 184 Å². The number of nitrogens with one attached hydrogen (secondary N) is 2. The van der Waals surface area contributed by atoms with Crippen molar-refractivity contribution in [2.24, 2.45) is 5.73 Å². The molecule has 0 aliphatic carbocycles.